The Balaban J connectivity index is 2.30. The molecular weight excluding hydrogens is 378 g/mol. The fourth-order valence-electron chi connectivity index (χ4n) is 2.47. The number of carbonyl (C=O) groups is 2. The van der Waals surface area contributed by atoms with Gasteiger partial charge in [-0.3, -0.25) is 9.59 Å². The first kappa shape index (κ1) is 20.9. The van der Waals surface area contributed by atoms with Gasteiger partial charge in [0, 0.05) is 24.9 Å². The second-order valence-electron chi connectivity index (χ2n) is 7.66. The minimum atomic E-state index is -1.49. The quantitative estimate of drug-likeness (QED) is 0.606. The first-order valence-corrected chi connectivity index (χ1v) is 9.80. The number of hydrogen-bond acceptors (Lipinski definition) is 5. The Hall–Kier alpha value is -1.44. The molecule has 1 aliphatic heterocycles. The van der Waals surface area contributed by atoms with Crippen LogP contribution >= 0.6 is 11.6 Å². The Morgan fingerprint density at radius 3 is 2.12 bits per heavy atom. The smallest absolute Gasteiger partial charge is 0.325 e. The van der Waals surface area contributed by atoms with Gasteiger partial charge in [-0.15, -0.1) is 0 Å². The van der Waals surface area contributed by atoms with Crippen molar-refractivity contribution in [3.63, 3.8) is 0 Å². The number of hydrogen-bond donors (Lipinski definition) is 1. The predicted octanol–water partition coefficient (Wildman–Crippen LogP) is 2.76. The Bertz CT molecular complexity index is 691. The number of rotatable bonds is 5. The van der Waals surface area contributed by atoms with Crippen molar-refractivity contribution >= 4 is 34.5 Å². The van der Waals surface area contributed by atoms with Crippen molar-refractivity contribution < 1.29 is 23.3 Å². The molecule has 1 fully saturated rings. The summed E-state index contributed by atoms with van der Waals surface area (Å²) in [5.41, 5.74) is 0.836. The molecule has 1 heterocycles. The van der Waals surface area contributed by atoms with Gasteiger partial charge in [-0.2, -0.15) is 0 Å². The van der Waals surface area contributed by atoms with Crippen LogP contribution in [0.15, 0.2) is 24.3 Å². The SMILES string of the molecule is CC1(C)OC(=O)C([C@H](Cc2ccc(Cl)cc2)N[S@@](=O)C(C)(C)C)C(=O)O1. The Labute approximate surface area is 161 Å². The monoisotopic (exact) mass is 401 g/mol. The summed E-state index contributed by atoms with van der Waals surface area (Å²) < 4.78 is 25.4. The summed E-state index contributed by atoms with van der Waals surface area (Å²) in [5.74, 6) is -3.89. The van der Waals surface area contributed by atoms with Crippen LogP contribution in [0.2, 0.25) is 5.02 Å². The highest BCUT2D eigenvalue weighted by atomic mass is 35.5. The fraction of sp³-hybridized carbons (Fsp3) is 0.556. The van der Waals surface area contributed by atoms with E-state index in [4.69, 9.17) is 21.1 Å². The maximum atomic E-state index is 12.6. The molecule has 8 heteroatoms. The van der Waals surface area contributed by atoms with E-state index in [9.17, 15) is 13.8 Å². The van der Waals surface area contributed by atoms with Gasteiger partial charge in [0.25, 0.3) is 5.79 Å². The molecule has 0 spiro atoms. The Morgan fingerprint density at radius 2 is 1.65 bits per heavy atom. The van der Waals surface area contributed by atoms with Crippen LogP contribution < -0.4 is 4.72 Å². The average molecular weight is 402 g/mol. The zero-order valence-electron chi connectivity index (χ0n) is 15.5. The molecule has 1 aliphatic rings. The van der Waals surface area contributed by atoms with Crippen molar-refractivity contribution in [2.75, 3.05) is 0 Å². The van der Waals surface area contributed by atoms with Gasteiger partial charge in [0.1, 0.15) is 0 Å². The Morgan fingerprint density at radius 1 is 1.15 bits per heavy atom. The third kappa shape index (κ3) is 5.28. The number of cyclic esters (lactones) is 2. The van der Waals surface area contributed by atoms with Crippen molar-refractivity contribution in [3.05, 3.63) is 34.9 Å². The highest BCUT2D eigenvalue weighted by molar-refractivity contribution is 7.84. The number of halogens is 1. The van der Waals surface area contributed by atoms with Crippen LogP contribution in [0.5, 0.6) is 0 Å². The lowest BCUT2D eigenvalue weighted by Crippen LogP contribution is -2.56. The molecule has 2 rings (SSSR count). The van der Waals surface area contributed by atoms with E-state index in [2.05, 4.69) is 4.72 Å². The standard InChI is InChI=1S/C18H24ClNO5S/c1-17(2,3)26(23)20-13(10-11-6-8-12(19)9-7-11)14-15(21)24-18(4,5)25-16(14)22/h6-9,13-14,20H,10H2,1-5H3/t13-,26-/m0/s1. The molecule has 26 heavy (non-hydrogen) atoms. The van der Waals surface area contributed by atoms with Crippen LogP contribution in [0.25, 0.3) is 0 Å². The summed E-state index contributed by atoms with van der Waals surface area (Å²) in [5, 5.41) is 0.578. The number of carbonyl (C=O) groups excluding carboxylic acids is 2. The number of nitrogens with one attached hydrogen (secondary N) is 1. The maximum Gasteiger partial charge on any atom is 0.325 e. The second-order valence-corrected chi connectivity index (χ2v) is 10.1. The molecule has 0 radical (unpaired) electrons. The summed E-state index contributed by atoms with van der Waals surface area (Å²) in [6.07, 6.45) is 0.286. The van der Waals surface area contributed by atoms with E-state index in [0.717, 1.165) is 5.56 Å². The van der Waals surface area contributed by atoms with Crippen LogP contribution in [0.1, 0.15) is 40.2 Å². The zero-order chi connectivity index (χ0) is 19.7. The van der Waals surface area contributed by atoms with Crippen LogP contribution in [0.4, 0.5) is 0 Å². The maximum absolute atomic E-state index is 12.6. The van der Waals surface area contributed by atoms with E-state index in [1.807, 2.05) is 0 Å². The summed E-state index contributed by atoms with van der Waals surface area (Å²) >= 11 is 5.91. The summed E-state index contributed by atoms with van der Waals surface area (Å²) in [6, 6.07) is 6.28. The van der Waals surface area contributed by atoms with Gasteiger partial charge < -0.3 is 9.47 Å². The molecule has 2 atom stereocenters. The van der Waals surface area contributed by atoms with Crippen LogP contribution in [-0.4, -0.2) is 32.7 Å². The molecule has 1 aromatic rings. The lowest BCUT2D eigenvalue weighted by Gasteiger charge is -2.36. The van der Waals surface area contributed by atoms with Crippen molar-refractivity contribution in [3.8, 4) is 0 Å². The molecule has 0 aromatic heterocycles. The lowest BCUT2D eigenvalue weighted by molar-refractivity contribution is -0.241. The van der Waals surface area contributed by atoms with E-state index in [0.29, 0.717) is 5.02 Å². The highest BCUT2D eigenvalue weighted by Gasteiger charge is 2.48. The van der Waals surface area contributed by atoms with Gasteiger partial charge in [0.2, 0.25) is 0 Å². The third-order valence-electron chi connectivity index (χ3n) is 3.79. The summed E-state index contributed by atoms with van der Waals surface area (Å²) in [6.45, 7) is 8.39. The molecule has 0 saturated carbocycles. The summed E-state index contributed by atoms with van der Waals surface area (Å²) in [4.78, 5) is 24.9. The molecule has 0 bridgehead atoms. The van der Waals surface area contributed by atoms with E-state index in [1.54, 1.807) is 45.0 Å². The minimum absolute atomic E-state index is 0.286. The molecular formula is C18H24ClNO5S. The van der Waals surface area contributed by atoms with Gasteiger partial charge >= 0.3 is 11.9 Å². The van der Waals surface area contributed by atoms with Gasteiger partial charge in [-0.05, 0) is 44.9 Å². The topological polar surface area (TPSA) is 81.7 Å². The van der Waals surface area contributed by atoms with E-state index in [-0.39, 0.29) is 6.42 Å². The third-order valence-corrected chi connectivity index (χ3v) is 5.67. The Kier molecular flexibility index (Phi) is 6.15. The first-order chi connectivity index (χ1) is 11.9. The van der Waals surface area contributed by atoms with Crippen LogP contribution in [-0.2, 0) is 36.5 Å². The molecule has 0 unspecified atom stereocenters. The molecule has 1 saturated heterocycles. The van der Waals surface area contributed by atoms with Crippen molar-refractivity contribution in [2.24, 2.45) is 5.92 Å². The van der Waals surface area contributed by atoms with E-state index < -0.39 is 45.4 Å². The fourth-order valence-corrected chi connectivity index (χ4v) is 3.45. The summed E-state index contributed by atoms with van der Waals surface area (Å²) in [7, 11) is -1.49. The van der Waals surface area contributed by atoms with Crippen molar-refractivity contribution in [1.82, 2.24) is 4.72 Å². The normalized spacial score (nSPS) is 20.2. The van der Waals surface area contributed by atoms with Crippen molar-refractivity contribution in [1.29, 1.82) is 0 Å². The molecule has 144 valence electrons. The minimum Gasteiger partial charge on any atom is -0.422 e. The van der Waals surface area contributed by atoms with Crippen LogP contribution in [0.3, 0.4) is 0 Å². The van der Waals surface area contributed by atoms with Gasteiger partial charge in [-0.1, -0.05) is 23.7 Å². The zero-order valence-corrected chi connectivity index (χ0v) is 17.1. The number of ether oxygens (including phenoxy) is 2. The molecule has 1 aromatic carbocycles. The largest absolute Gasteiger partial charge is 0.422 e. The highest BCUT2D eigenvalue weighted by Crippen LogP contribution is 2.27. The van der Waals surface area contributed by atoms with Gasteiger partial charge in [0.05, 0.1) is 15.7 Å². The number of benzene rings is 1. The molecule has 6 nitrogen and oxygen atoms in total. The first-order valence-electron chi connectivity index (χ1n) is 8.27. The van der Waals surface area contributed by atoms with E-state index in [1.165, 1.54) is 13.8 Å². The molecule has 0 amide bonds. The van der Waals surface area contributed by atoms with Gasteiger partial charge in [0.15, 0.2) is 5.92 Å². The average Bonchev–Trinajstić information content (AvgIpc) is 2.46. The van der Waals surface area contributed by atoms with Crippen molar-refractivity contribution in [2.45, 2.75) is 57.6 Å². The predicted molar refractivity (Wildman–Crippen MR) is 99.7 cm³/mol. The second kappa shape index (κ2) is 7.66. The van der Waals surface area contributed by atoms with Crippen LogP contribution in [0, 0.1) is 5.92 Å². The van der Waals surface area contributed by atoms with Gasteiger partial charge in [-0.25, -0.2) is 8.93 Å². The molecule has 0 aliphatic carbocycles. The molecule has 1 N–H and O–H groups in total. The number of esters is 2. The lowest BCUT2D eigenvalue weighted by atomic mass is 9.93. The van der Waals surface area contributed by atoms with E-state index >= 15 is 0 Å².